The van der Waals surface area contributed by atoms with Crippen molar-refractivity contribution < 1.29 is 8.85 Å². The number of benzene rings is 2. The number of rotatable bonds is 13. The van der Waals surface area contributed by atoms with Crippen molar-refractivity contribution in [2.24, 2.45) is 10.8 Å². The fraction of sp³-hybridized carbons (Fsp3) is 0.571. The third kappa shape index (κ3) is 12.4. The maximum absolute atomic E-state index is 6.28. The lowest BCUT2D eigenvalue weighted by atomic mass is 9.90. The first-order chi connectivity index (χ1) is 16.7. The summed E-state index contributed by atoms with van der Waals surface area (Å²) in [4.78, 5) is 5.17. The molecule has 2 radical (unpaired) electrons. The molecule has 2 aromatic carbocycles. The molecule has 2 atom stereocenters. The van der Waals surface area contributed by atoms with Gasteiger partial charge in [-0.3, -0.25) is 0 Å². The van der Waals surface area contributed by atoms with Crippen LogP contribution in [0.2, 0.25) is 26.2 Å². The first-order valence-corrected chi connectivity index (χ1v) is 21.4. The molecule has 0 aliphatic carbocycles. The van der Waals surface area contributed by atoms with E-state index in [0.29, 0.717) is 0 Å². The Morgan fingerprint density at radius 1 is 0.556 bits per heavy atom. The maximum atomic E-state index is 6.28. The number of hydrogen-bond acceptors (Lipinski definition) is 6. The van der Waals surface area contributed by atoms with Crippen LogP contribution in [0.4, 0.5) is 0 Å². The Labute approximate surface area is 241 Å². The molecule has 0 aliphatic heterocycles. The van der Waals surface area contributed by atoms with Gasteiger partial charge in [-0.15, -0.1) is 23.5 Å². The van der Waals surface area contributed by atoms with Gasteiger partial charge < -0.3 is 8.85 Å². The van der Waals surface area contributed by atoms with Crippen LogP contribution in [0.25, 0.3) is 0 Å². The van der Waals surface area contributed by atoms with Crippen molar-refractivity contribution in [1.82, 2.24) is 0 Å². The standard InChI is InChI=1S/C28H44O2S4Si2/c1-27(2,3)25(29-35(7)8)19-31-21-11-15-23(16-12-21)33-34-24-17-13-22(14-18-24)32-20-26(28(4,5)6)30-36(9)10/h11-18,25-26H,19-20H2,1-10H3. The fourth-order valence-corrected chi connectivity index (χ4v) is 9.78. The minimum atomic E-state index is -0.705. The first-order valence-electron chi connectivity index (χ1n) is 12.5. The first kappa shape index (κ1) is 32.4. The largest absolute Gasteiger partial charge is 0.413 e. The highest BCUT2D eigenvalue weighted by Gasteiger charge is 2.27. The predicted molar refractivity (Wildman–Crippen MR) is 170 cm³/mol. The Kier molecular flexibility index (Phi) is 13.6. The molecule has 0 saturated heterocycles. The highest BCUT2D eigenvalue weighted by molar-refractivity contribution is 8.76. The molecule has 0 amide bonds. The molecular weight excluding hydrogens is 553 g/mol. The highest BCUT2D eigenvalue weighted by Crippen LogP contribution is 2.39. The van der Waals surface area contributed by atoms with Gasteiger partial charge in [-0.2, -0.15) is 0 Å². The molecule has 0 spiro atoms. The Balaban J connectivity index is 1.84. The van der Waals surface area contributed by atoms with E-state index in [4.69, 9.17) is 8.85 Å². The van der Waals surface area contributed by atoms with Crippen LogP contribution < -0.4 is 0 Å². The van der Waals surface area contributed by atoms with Crippen LogP contribution in [-0.4, -0.2) is 41.8 Å². The van der Waals surface area contributed by atoms with Gasteiger partial charge in [0.05, 0.1) is 12.2 Å². The lowest BCUT2D eigenvalue weighted by Gasteiger charge is -2.32. The molecule has 200 valence electrons. The summed E-state index contributed by atoms with van der Waals surface area (Å²) in [6, 6.07) is 17.9. The highest BCUT2D eigenvalue weighted by atomic mass is 33.1. The molecule has 2 rings (SSSR count). The van der Waals surface area contributed by atoms with Crippen LogP contribution in [0.15, 0.2) is 68.1 Å². The van der Waals surface area contributed by atoms with Crippen LogP contribution in [-0.2, 0) is 8.85 Å². The van der Waals surface area contributed by atoms with Gasteiger partial charge in [0.2, 0.25) is 18.1 Å². The second kappa shape index (κ2) is 15.1. The van der Waals surface area contributed by atoms with E-state index in [1.165, 1.54) is 19.6 Å². The molecule has 0 N–H and O–H groups in total. The molecule has 36 heavy (non-hydrogen) atoms. The van der Waals surface area contributed by atoms with E-state index >= 15 is 0 Å². The average molecular weight is 597 g/mol. The smallest absolute Gasteiger partial charge is 0.205 e. The van der Waals surface area contributed by atoms with E-state index in [2.05, 4.69) is 116 Å². The van der Waals surface area contributed by atoms with E-state index in [0.717, 1.165) is 11.5 Å². The van der Waals surface area contributed by atoms with Gasteiger partial charge in [0.1, 0.15) is 0 Å². The second-order valence-corrected chi connectivity index (χ2v) is 20.1. The Morgan fingerprint density at radius 3 is 1.08 bits per heavy atom. The minimum Gasteiger partial charge on any atom is -0.413 e. The summed E-state index contributed by atoms with van der Waals surface area (Å²) >= 11 is 3.80. The summed E-state index contributed by atoms with van der Waals surface area (Å²) in [5, 5.41) is 0. The molecule has 2 nitrogen and oxygen atoms in total. The lowest BCUT2D eigenvalue weighted by Crippen LogP contribution is -2.35. The normalized spacial score (nSPS) is 14.4. The molecule has 0 bridgehead atoms. The summed E-state index contributed by atoms with van der Waals surface area (Å²) in [7, 11) is 2.22. The SMILES string of the molecule is C[Si](C)OC(CSc1ccc(SSc2ccc(SCC(O[Si](C)C)C(C)(C)C)cc2)cc1)C(C)(C)C. The van der Waals surface area contributed by atoms with Crippen molar-refractivity contribution >= 4 is 63.2 Å². The van der Waals surface area contributed by atoms with Gasteiger partial charge in [-0.25, -0.2) is 0 Å². The van der Waals surface area contributed by atoms with Gasteiger partial charge in [0.25, 0.3) is 0 Å². The third-order valence-electron chi connectivity index (χ3n) is 5.37. The molecule has 0 aliphatic rings. The van der Waals surface area contributed by atoms with E-state index < -0.39 is 18.1 Å². The average Bonchev–Trinajstić information content (AvgIpc) is 2.77. The Morgan fingerprint density at radius 2 is 0.833 bits per heavy atom. The predicted octanol–water partition coefficient (Wildman–Crippen LogP) is 10.0. The topological polar surface area (TPSA) is 18.5 Å². The van der Waals surface area contributed by atoms with Crippen molar-refractivity contribution in [2.75, 3.05) is 11.5 Å². The van der Waals surface area contributed by atoms with Crippen LogP contribution >= 0.6 is 45.1 Å². The maximum Gasteiger partial charge on any atom is 0.205 e. The van der Waals surface area contributed by atoms with Crippen molar-refractivity contribution in [3.63, 3.8) is 0 Å². The zero-order valence-corrected chi connectivity index (χ0v) is 28.9. The number of hydrogen-bond donors (Lipinski definition) is 0. The van der Waals surface area contributed by atoms with Gasteiger partial charge in [-0.05, 0) is 85.5 Å². The Hall–Kier alpha value is 0.194. The second-order valence-electron chi connectivity index (χ2n) is 11.5. The molecular formula is C28H44O2S4Si2. The van der Waals surface area contributed by atoms with E-state index in [1.54, 1.807) is 0 Å². The number of thioether (sulfide) groups is 2. The van der Waals surface area contributed by atoms with Crippen LogP contribution in [0, 0.1) is 10.8 Å². The van der Waals surface area contributed by atoms with Gasteiger partial charge in [0, 0.05) is 31.1 Å². The lowest BCUT2D eigenvalue weighted by molar-refractivity contribution is 0.108. The van der Waals surface area contributed by atoms with E-state index in [1.807, 2.05) is 45.1 Å². The van der Waals surface area contributed by atoms with Gasteiger partial charge in [-0.1, -0.05) is 63.1 Å². The zero-order chi connectivity index (χ0) is 26.9. The molecule has 0 heterocycles. The van der Waals surface area contributed by atoms with Crippen LogP contribution in [0.5, 0.6) is 0 Å². The molecule has 0 aromatic heterocycles. The van der Waals surface area contributed by atoms with Crippen LogP contribution in [0.1, 0.15) is 41.5 Å². The molecule has 2 aromatic rings. The zero-order valence-electron chi connectivity index (χ0n) is 23.6. The monoisotopic (exact) mass is 596 g/mol. The summed E-state index contributed by atoms with van der Waals surface area (Å²) in [5.74, 6) is 1.99. The molecule has 8 heteroatoms. The molecule has 2 unspecified atom stereocenters. The van der Waals surface area contributed by atoms with Crippen molar-refractivity contribution in [3.05, 3.63) is 48.5 Å². The van der Waals surface area contributed by atoms with Crippen molar-refractivity contribution in [1.29, 1.82) is 0 Å². The summed E-state index contributed by atoms with van der Waals surface area (Å²) < 4.78 is 12.6. The Bertz CT molecular complexity index is 816. The fourth-order valence-electron chi connectivity index (χ4n) is 3.11. The van der Waals surface area contributed by atoms with Crippen molar-refractivity contribution in [3.8, 4) is 0 Å². The minimum absolute atomic E-state index is 0.159. The van der Waals surface area contributed by atoms with E-state index in [-0.39, 0.29) is 23.0 Å². The van der Waals surface area contributed by atoms with Gasteiger partial charge >= 0.3 is 0 Å². The van der Waals surface area contributed by atoms with Crippen LogP contribution in [0.3, 0.4) is 0 Å². The third-order valence-corrected chi connectivity index (χ3v) is 11.5. The summed E-state index contributed by atoms with van der Waals surface area (Å²) in [5.41, 5.74) is 0.319. The summed E-state index contributed by atoms with van der Waals surface area (Å²) in [6.07, 6.45) is 0.557. The summed E-state index contributed by atoms with van der Waals surface area (Å²) in [6.45, 7) is 22.5. The molecule has 0 saturated carbocycles. The quantitative estimate of drug-likeness (QED) is 0.129. The van der Waals surface area contributed by atoms with Crippen molar-refractivity contribution in [2.45, 2.75) is 99.5 Å². The molecule has 0 fully saturated rings. The van der Waals surface area contributed by atoms with Gasteiger partial charge in [0.15, 0.2) is 0 Å². The van der Waals surface area contributed by atoms with E-state index in [9.17, 15) is 0 Å².